The maximum Gasteiger partial charge on any atom is 0.162 e. The van der Waals surface area contributed by atoms with Crippen LogP contribution >= 0.6 is 0 Å². The number of methoxy groups -OCH3 is 1. The van der Waals surface area contributed by atoms with E-state index in [0.717, 1.165) is 57.9 Å². The van der Waals surface area contributed by atoms with Crippen molar-refractivity contribution in [3.63, 3.8) is 0 Å². The van der Waals surface area contributed by atoms with Crippen LogP contribution in [0.3, 0.4) is 0 Å². The molecule has 0 bridgehead atoms. The Balaban J connectivity index is 1.50. The van der Waals surface area contributed by atoms with E-state index in [9.17, 15) is 0 Å². The number of aromatic amines is 1. The van der Waals surface area contributed by atoms with Crippen LogP contribution in [0.4, 0.5) is 5.82 Å². The minimum absolute atomic E-state index is 0.218. The van der Waals surface area contributed by atoms with E-state index in [1.54, 1.807) is 13.3 Å². The van der Waals surface area contributed by atoms with Gasteiger partial charge in [0, 0.05) is 41.9 Å². The van der Waals surface area contributed by atoms with E-state index >= 15 is 0 Å². The van der Waals surface area contributed by atoms with Crippen molar-refractivity contribution in [2.24, 2.45) is 0 Å². The molecule has 1 aliphatic heterocycles. The second kappa shape index (κ2) is 8.11. The predicted octanol–water partition coefficient (Wildman–Crippen LogP) is 4.39. The molecule has 32 heavy (non-hydrogen) atoms. The van der Waals surface area contributed by atoms with Crippen molar-refractivity contribution in [3.8, 4) is 22.8 Å². The SMILES string of the molecule is COc1cc2[nH]nc(-c3ccc(N4CCC4)nc3)c2cc1OC(C)c1c(C)cnnc1C. The summed E-state index contributed by atoms with van der Waals surface area (Å²) in [5.41, 5.74) is 5.59. The lowest BCUT2D eigenvalue weighted by atomic mass is 10.0. The zero-order valence-corrected chi connectivity index (χ0v) is 18.7. The molecule has 1 unspecified atom stereocenters. The number of pyridine rings is 1. The molecule has 0 saturated carbocycles. The highest BCUT2D eigenvalue weighted by Crippen LogP contribution is 2.38. The van der Waals surface area contributed by atoms with Gasteiger partial charge in [0.15, 0.2) is 11.5 Å². The molecular weight excluding hydrogens is 404 g/mol. The predicted molar refractivity (Wildman–Crippen MR) is 123 cm³/mol. The molecule has 1 aromatic carbocycles. The first-order chi connectivity index (χ1) is 15.5. The first kappa shape index (κ1) is 20.2. The Kier molecular flexibility index (Phi) is 5.13. The molecule has 0 aliphatic carbocycles. The summed E-state index contributed by atoms with van der Waals surface area (Å²) in [4.78, 5) is 6.90. The minimum atomic E-state index is -0.218. The molecule has 4 heterocycles. The summed E-state index contributed by atoms with van der Waals surface area (Å²) in [6.45, 7) is 8.11. The Morgan fingerprint density at radius 1 is 1.09 bits per heavy atom. The maximum atomic E-state index is 6.37. The monoisotopic (exact) mass is 430 g/mol. The lowest BCUT2D eigenvalue weighted by molar-refractivity contribution is 0.214. The number of fused-ring (bicyclic) bond motifs is 1. The van der Waals surface area contributed by atoms with Crippen molar-refractivity contribution in [3.05, 3.63) is 53.5 Å². The maximum absolute atomic E-state index is 6.37. The number of ether oxygens (including phenoxy) is 2. The van der Waals surface area contributed by atoms with Gasteiger partial charge >= 0.3 is 0 Å². The normalized spacial score (nSPS) is 14.3. The molecule has 1 atom stereocenters. The lowest BCUT2D eigenvalue weighted by Crippen LogP contribution is -2.37. The molecule has 1 saturated heterocycles. The van der Waals surface area contributed by atoms with Crippen LogP contribution in [0.1, 0.15) is 36.3 Å². The fraction of sp³-hybridized carbons (Fsp3) is 0.333. The van der Waals surface area contributed by atoms with Gasteiger partial charge in [-0.3, -0.25) is 5.10 Å². The van der Waals surface area contributed by atoms with E-state index < -0.39 is 0 Å². The Morgan fingerprint density at radius 2 is 1.94 bits per heavy atom. The van der Waals surface area contributed by atoms with Gasteiger partial charge in [-0.15, -0.1) is 0 Å². The van der Waals surface area contributed by atoms with E-state index in [1.165, 1.54) is 6.42 Å². The van der Waals surface area contributed by atoms with Gasteiger partial charge in [-0.1, -0.05) is 0 Å². The lowest BCUT2D eigenvalue weighted by Gasteiger charge is -2.31. The highest BCUT2D eigenvalue weighted by Gasteiger charge is 2.20. The third kappa shape index (κ3) is 3.51. The van der Waals surface area contributed by atoms with Crippen molar-refractivity contribution in [1.82, 2.24) is 25.4 Å². The number of benzene rings is 1. The Bertz CT molecular complexity index is 1240. The van der Waals surface area contributed by atoms with E-state index in [4.69, 9.17) is 9.47 Å². The number of H-pyrrole nitrogens is 1. The highest BCUT2D eigenvalue weighted by molar-refractivity contribution is 5.95. The summed E-state index contributed by atoms with van der Waals surface area (Å²) >= 11 is 0. The van der Waals surface area contributed by atoms with E-state index in [2.05, 4.69) is 42.4 Å². The molecule has 1 aliphatic rings. The zero-order valence-electron chi connectivity index (χ0n) is 18.7. The second-order valence-corrected chi connectivity index (χ2v) is 8.15. The number of anilines is 1. The molecule has 1 fully saturated rings. The van der Waals surface area contributed by atoms with Crippen LogP contribution < -0.4 is 14.4 Å². The number of aryl methyl sites for hydroxylation is 2. The quantitative estimate of drug-likeness (QED) is 0.485. The summed E-state index contributed by atoms with van der Waals surface area (Å²) in [6, 6.07) is 8.02. The summed E-state index contributed by atoms with van der Waals surface area (Å²) in [5, 5.41) is 16.8. The van der Waals surface area contributed by atoms with Crippen LogP contribution in [-0.4, -0.2) is 45.6 Å². The van der Waals surface area contributed by atoms with Gasteiger partial charge in [0.05, 0.1) is 24.5 Å². The average Bonchev–Trinajstić information content (AvgIpc) is 3.15. The highest BCUT2D eigenvalue weighted by atomic mass is 16.5. The van der Waals surface area contributed by atoms with Crippen LogP contribution in [0.15, 0.2) is 36.7 Å². The number of nitrogens with one attached hydrogen (secondary N) is 1. The molecule has 5 rings (SSSR count). The number of rotatable bonds is 6. The van der Waals surface area contributed by atoms with Crippen LogP contribution in [0, 0.1) is 13.8 Å². The minimum Gasteiger partial charge on any atom is -0.493 e. The molecule has 0 radical (unpaired) electrons. The summed E-state index contributed by atoms with van der Waals surface area (Å²) in [5.74, 6) is 2.30. The van der Waals surface area contributed by atoms with E-state index in [-0.39, 0.29) is 6.10 Å². The number of nitrogens with zero attached hydrogens (tertiary/aromatic N) is 5. The second-order valence-electron chi connectivity index (χ2n) is 8.15. The zero-order chi connectivity index (χ0) is 22.2. The third-order valence-corrected chi connectivity index (χ3v) is 6.03. The van der Waals surface area contributed by atoms with Crippen molar-refractivity contribution < 1.29 is 9.47 Å². The number of aromatic nitrogens is 5. The molecule has 164 valence electrons. The first-order valence-electron chi connectivity index (χ1n) is 10.8. The van der Waals surface area contributed by atoms with Crippen molar-refractivity contribution in [2.75, 3.05) is 25.1 Å². The fourth-order valence-corrected chi connectivity index (χ4v) is 4.23. The summed E-state index contributed by atoms with van der Waals surface area (Å²) < 4.78 is 12.0. The van der Waals surface area contributed by atoms with Crippen molar-refractivity contribution in [1.29, 1.82) is 0 Å². The molecule has 1 N–H and O–H groups in total. The van der Waals surface area contributed by atoms with Gasteiger partial charge in [0.25, 0.3) is 0 Å². The molecule has 0 amide bonds. The molecule has 8 nitrogen and oxygen atoms in total. The average molecular weight is 431 g/mol. The van der Waals surface area contributed by atoms with Crippen LogP contribution in [0.2, 0.25) is 0 Å². The Hall–Kier alpha value is -3.68. The molecule has 0 spiro atoms. The van der Waals surface area contributed by atoms with Gasteiger partial charge in [-0.25, -0.2) is 4.98 Å². The van der Waals surface area contributed by atoms with Gasteiger partial charge < -0.3 is 14.4 Å². The van der Waals surface area contributed by atoms with Crippen LogP contribution in [0.5, 0.6) is 11.5 Å². The summed E-state index contributed by atoms with van der Waals surface area (Å²) in [6.07, 6.45) is 4.65. The van der Waals surface area contributed by atoms with Crippen LogP contribution in [-0.2, 0) is 0 Å². The largest absolute Gasteiger partial charge is 0.493 e. The van der Waals surface area contributed by atoms with Gasteiger partial charge in [0.1, 0.15) is 17.6 Å². The van der Waals surface area contributed by atoms with E-state index in [0.29, 0.717) is 11.5 Å². The molecule has 4 aromatic rings. The van der Waals surface area contributed by atoms with E-state index in [1.807, 2.05) is 39.1 Å². The first-order valence-corrected chi connectivity index (χ1v) is 10.8. The Labute approximate surface area is 186 Å². The fourth-order valence-electron chi connectivity index (χ4n) is 4.23. The van der Waals surface area contributed by atoms with Gasteiger partial charge in [0.2, 0.25) is 0 Å². The van der Waals surface area contributed by atoms with Gasteiger partial charge in [-0.2, -0.15) is 15.3 Å². The standard InChI is InChI=1S/C24H26N6O2/c1-14-12-26-27-15(2)23(14)16(3)32-21-10-18-19(11-20(21)31-4)28-29-24(18)17-6-7-22(25-13-17)30-8-5-9-30/h6-7,10-13,16H,5,8-9H2,1-4H3,(H,28,29). The number of hydrogen-bond acceptors (Lipinski definition) is 7. The molecular formula is C24H26N6O2. The number of hydrogen-bond donors (Lipinski definition) is 1. The van der Waals surface area contributed by atoms with Crippen molar-refractivity contribution >= 4 is 16.7 Å². The smallest absolute Gasteiger partial charge is 0.162 e. The Morgan fingerprint density at radius 3 is 2.59 bits per heavy atom. The molecule has 8 heteroatoms. The van der Waals surface area contributed by atoms with Crippen molar-refractivity contribution in [2.45, 2.75) is 33.3 Å². The topological polar surface area (TPSA) is 89.0 Å². The molecule has 3 aromatic heterocycles. The third-order valence-electron chi connectivity index (χ3n) is 6.03. The van der Waals surface area contributed by atoms with Crippen LogP contribution in [0.25, 0.3) is 22.2 Å². The summed E-state index contributed by atoms with van der Waals surface area (Å²) in [7, 11) is 1.64. The van der Waals surface area contributed by atoms with Gasteiger partial charge in [-0.05, 0) is 51.0 Å².